The second-order valence-electron chi connectivity index (χ2n) is 8.74. The Balaban J connectivity index is 1.49. The molecule has 2 fully saturated rings. The Morgan fingerprint density at radius 3 is 2.76 bits per heavy atom. The third-order valence-electron chi connectivity index (χ3n) is 6.43. The molecular formula is C24H28FN3O3S2. The smallest absolute Gasteiger partial charge is 0.243 e. The molecule has 0 bridgehead atoms. The summed E-state index contributed by atoms with van der Waals surface area (Å²) in [4.78, 5) is 5.07. The first-order chi connectivity index (χ1) is 15.9. The van der Waals surface area contributed by atoms with Crippen molar-refractivity contribution in [3.63, 3.8) is 0 Å². The van der Waals surface area contributed by atoms with Crippen LogP contribution in [0.15, 0.2) is 46.5 Å². The maximum Gasteiger partial charge on any atom is 0.243 e. The van der Waals surface area contributed by atoms with Gasteiger partial charge in [-0.2, -0.15) is 4.31 Å². The molecule has 2 aromatic carbocycles. The van der Waals surface area contributed by atoms with Crippen LogP contribution in [0.3, 0.4) is 0 Å². The van der Waals surface area contributed by atoms with Crippen molar-refractivity contribution in [1.29, 1.82) is 0 Å². The van der Waals surface area contributed by atoms with Crippen LogP contribution in [0.25, 0.3) is 11.0 Å². The predicted octanol–water partition coefficient (Wildman–Crippen LogP) is 4.74. The Morgan fingerprint density at radius 1 is 1.18 bits per heavy atom. The number of fused-ring (bicyclic) bond motifs is 1. The number of halogens is 1. The Labute approximate surface area is 198 Å². The van der Waals surface area contributed by atoms with E-state index in [-0.39, 0.29) is 16.8 Å². The second-order valence-corrected chi connectivity index (χ2v) is 11.6. The van der Waals surface area contributed by atoms with E-state index >= 15 is 0 Å². The van der Waals surface area contributed by atoms with Crippen molar-refractivity contribution in [2.45, 2.75) is 61.1 Å². The second kappa shape index (κ2) is 9.37. The molecule has 2 aliphatic rings. The average Bonchev–Trinajstić information content (AvgIpc) is 3.57. The molecule has 0 saturated carbocycles. The maximum absolute atomic E-state index is 14.5. The van der Waals surface area contributed by atoms with Crippen LogP contribution in [-0.2, 0) is 27.1 Å². The summed E-state index contributed by atoms with van der Waals surface area (Å²) in [6.07, 6.45) is 3.91. The highest BCUT2D eigenvalue weighted by Gasteiger charge is 2.28. The lowest BCUT2D eigenvalue weighted by atomic mass is 10.1. The quantitative estimate of drug-likeness (QED) is 0.449. The molecule has 5 rings (SSSR count). The highest BCUT2D eigenvalue weighted by atomic mass is 32.2. The van der Waals surface area contributed by atoms with Gasteiger partial charge in [-0.1, -0.05) is 30.0 Å². The normalized spacial score (nSPS) is 19.6. The van der Waals surface area contributed by atoms with Gasteiger partial charge in [0.15, 0.2) is 5.16 Å². The molecule has 1 aromatic heterocycles. The lowest BCUT2D eigenvalue weighted by Crippen LogP contribution is -2.27. The zero-order valence-electron chi connectivity index (χ0n) is 18.7. The van der Waals surface area contributed by atoms with Crippen molar-refractivity contribution in [1.82, 2.24) is 13.9 Å². The van der Waals surface area contributed by atoms with Gasteiger partial charge in [0.05, 0.1) is 28.6 Å². The van der Waals surface area contributed by atoms with Crippen LogP contribution in [0.1, 0.15) is 36.8 Å². The molecule has 3 aromatic rings. The minimum Gasteiger partial charge on any atom is -0.376 e. The van der Waals surface area contributed by atoms with Gasteiger partial charge in [-0.05, 0) is 61.9 Å². The molecule has 1 atom stereocenters. The van der Waals surface area contributed by atoms with Gasteiger partial charge in [-0.15, -0.1) is 0 Å². The fourth-order valence-electron chi connectivity index (χ4n) is 4.57. The number of sulfonamides is 1. The number of nitrogens with zero attached hydrogens (tertiary/aromatic N) is 3. The van der Waals surface area contributed by atoms with E-state index in [4.69, 9.17) is 9.72 Å². The average molecular weight is 490 g/mol. The Kier molecular flexibility index (Phi) is 6.48. The van der Waals surface area contributed by atoms with Gasteiger partial charge in [-0.3, -0.25) is 0 Å². The molecule has 33 heavy (non-hydrogen) atoms. The third-order valence-corrected chi connectivity index (χ3v) is 9.35. The van der Waals surface area contributed by atoms with Crippen LogP contribution >= 0.6 is 11.8 Å². The monoisotopic (exact) mass is 489 g/mol. The van der Waals surface area contributed by atoms with Crippen LogP contribution in [-0.4, -0.2) is 48.1 Å². The van der Waals surface area contributed by atoms with E-state index in [2.05, 4.69) is 4.57 Å². The van der Waals surface area contributed by atoms with Gasteiger partial charge in [0, 0.05) is 25.4 Å². The summed E-state index contributed by atoms with van der Waals surface area (Å²) in [6.45, 7) is 4.30. The van der Waals surface area contributed by atoms with Crippen LogP contribution in [0.5, 0.6) is 0 Å². The highest BCUT2D eigenvalue weighted by Crippen LogP contribution is 2.32. The van der Waals surface area contributed by atoms with Crippen molar-refractivity contribution in [2.24, 2.45) is 0 Å². The lowest BCUT2D eigenvalue weighted by Gasteiger charge is -2.16. The highest BCUT2D eigenvalue weighted by molar-refractivity contribution is 7.98. The summed E-state index contributed by atoms with van der Waals surface area (Å²) in [5.41, 5.74) is 2.77. The molecule has 2 saturated heterocycles. The first-order valence-corrected chi connectivity index (χ1v) is 13.8. The largest absolute Gasteiger partial charge is 0.376 e. The van der Waals surface area contributed by atoms with Crippen LogP contribution in [0, 0.1) is 12.7 Å². The van der Waals surface area contributed by atoms with Crippen molar-refractivity contribution in [3.8, 4) is 0 Å². The summed E-state index contributed by atoms with van der Waals surface area (Å²) >= 11 is 1.47. The summed E-state index contributed by atoms with van der Waals surface area (Å²) in [5, 5.41) is 0.747. The maximum atomic E-state index is 14.5. The van der Waals surface area contributed by atoms with Crippen LogP contribution < -0.4 is 0 Å². The van der Waals surface area contributed by atoms with Crippen molar-refractivity contribution in [2.75, 3.05) is 19.7 Å². The number of hydrogen-bond acceptors (Lipinski definition) is 5. The molecule has 9 heteroatoms. The third kappa shape index (κ3) is 4.56. The lowest BCUT2D eigenvalue weighted by molar-refractivity contribution is 0.0960. The summed E-state index contributed by atoms with van der Waals surface area (Å²) < 4.78 is 50.1. The fraction of sp³-hybridized carbons (Fsp3) is 0.458. The van der Waals surface area contributed by atoms with Gasteiger partial charge in [-0.25, -0.2) is 17.8 Å². The molecule has 3 heterocycles. The number of hydrogen-bond donors (Lipinski definition) is 0. The first-order valence-electron chi connectivity index (χ1n) is 11.4. The van der Waals surface area contributed by atoms with Crippen molar-refractivity contribution < 1.29 is 17.5 Å². The van der Waals surface area contributed by atoms with E-state index in [1.54, 1.807) is 35.5 Å². The number of benzene rings is 2. The molecule has 0 N–H and O–H groups in total. The van der Waals surface area contributed by atoms with Crippen molar-refractivity contribution in [3.05, 3.63) is 53.3 Å². The van der Waals surface area contributed by atoms with Crippen molar-refractivity contribution >= 4 is 32.8 Å². The van der Waals surface area contributed by atoms with E-state index in [0.29, 0.717) is 42.0 Å². The summed E-state index contributed by atoms with van der Waals surface area (Å²) in [6, 6.07) is 10.6. The Morgan fingerprint density at radius 2 is 2.00 bits per heavy atom. The van der Waals surface area contributed by atoms with Crippen LogP contribution in [0.2, 0.25) is 0 Å². The molecule has 0 aliphatic carbocycles. The zero-order valence-corrected chi connectivity index (χ0v) is 20.3. The number of aromatic nitrogens is 2. The molecule has 176 valence electrons. The molecule has 0 radical (unpaired) electrons. The molecule has 2 aliphatic heterocycles. The van der Waals surface area contributed by atoms with Crippen LogP contribution in [0.4, 0.5) is 4.39 Å². The van der Waals surface area contributed by atoms with Gasteiger partial charge in [0.1, 0.15) is 5.82 Å². The number of rotatable bonds is 7. The van der Waals surface area contributed by atoms with Gasteiger partial charge < -0.3 is 9.30 Å². The minimum atomic E-state index is -3.52. The van der Waals surface area contributed by atoms with E-state index in [1.165, 1.54) is 11.8 Å². The van der Waals surface area contributed by atoms with E-state index in [9.17, 15) is 12.8 Å². The van der Waals surface area contributed by atoms with Gasteiger partial charge in [0.25, 0.3) is 0 Å². The standard InChI is InChI=1S/C24H28FN3O3S2/c1-17-6-4-7-18(23(17)25)16-32-24-26-21-14-20(33(29,30)27-11-2-3-12-27)9-10-22(21)28(24)15-19-8-5-13-31-19/h4,6-7,9-10,14,19H,2-3,5,8,11-13,15-16H2,1H3. The van der Waals surface area contributed by atoms with Gasteiger partial charge in [0.2, 0.25) is 10.0 Å². The fourth-order valence-corrected chi connectivity index (χ4v) is 7.10. The van der Waals surface area contributed by atoms with E-state index in [1.807, 2.05) is 12.1 Å². The number of thioether (sulfide) groups is 1. The predicted molar refractivity (Wildman–Crippen MR) is 127 cm³/mol. The van der Waals surface area contributed by atoms with Gasteiger partial charge >= 0.3 is 0 Å². The number of imidazole rings is 1. The van der Waals surface area contributed by atoms with E-state index < -0.39 is 10.0 Å². The summed E-state index contributed by atoms with van der Waals surface area (Å²) in [7, 11) is -3.52. The molecule has 0 amide bonds. The molecular weight excluding hydrogens is 461 g/mol. The molecule has 6 nitrogen and oxygen atoms in total. The molecule has 0 spiro atoms. The first kappa shape index (κ1) is 22.8. The van der Waals surface area contributed by atoms with E-state index in [0.717, 1.165) is 43.0 Å². The zero-order chi connectivity index (χ0) is 23.0. The number of ether oxygens (including phenoxy) is 1. The number of aryl methyl sites for hydroxylation is 1. The summed E-state index contributed by atoms with van der Waals surface area (Å²) in [5.74, 6) is 0.257. The topological polar surface area (TPSA) is 64.4 Å². The Hall–Kier alpha value is -1.94. The molecule has 1 unspecified atom stereocenters. The minimum absolute atomic E-state index is 0.102. The SMILES string of the molecule is Cc1cccc(CSc2nc3cc(S(=O)(=O)N4CCCC4)ccc3n2CC2CCCO2)c1F. The Bertz CT molecular complexity index is 1260.